The van der Waals surface area contributed by atoms with E-state index in [2.05, 4.69) is 65.5 Å². The van der Waals surface area contributed by atoms with Gasteiger partial charge in [0.1, 0.15) is 0 Å². The van der Waals surface area contributed by atoms with Gasteiger partial charge in [0, 0.05) is 36.0 Å². The first-order valence-electron chi connectivity index (χ1n) is 8.39. The second-order valence-corrected chi connectivity index (χ2v) is 51.3. The molecule has 0 aromatic rings. The lowest BCUT2D eigenvalue weighted by atomic mass is 10.4. The van der Waals surface area contributed by atoms with Crippen LogP contribution in [0.25, 0.3) is 0 Å². The van der Waals surface area contributed by atoms with Crippen LogP contribution < -0.4 is 0 Å². The van der Waals surface area contributed by atoms with Crippen LogP contribution in [0.15, 0.2) is 12.2 Å². The van der Waals surface area contributed by atoms with E-state index in [1.807, 2.05) is 6.92 Å². The molecule has 0 saturated carbocycles. The number of hydrogen-bond acceptors (Lipinski definition) is 1. The minimum absolute atomic E-state index is 0.737. The quantitative estimate of drug-likeness (QED) is 0.292. The van der Waals surface area contributed by atoms with Gasteiger partial charge in [-0.25, -0.2) is 0 Å². The highest BCUT2D eigenvalue weighted by Gasteiger charge is 2.60. The Balaban J connectivity index is 5.20. The first-order chi connectivity index (χ1) is 9.17. The number of ether oxygens (including phenoxy) is 1. The monoisotopic (exact) mass is 360 g/mol. The maximum absolute atomic E-state index is 5.80. The summed E-state index contributed by atoms with van der Waals surface area (Å²) in [5.74, 6) is 0. The minimum atomic E-state index is -1.16. The molecule has 0 bridgehead atoms. The SMILES string of the molecule is C=C(C)COCCC[Si]([Si](C)(C)C)([Si](C)(C)C)[Si](C)(C)C. The van der Waals surface area contributed by atoms with Crippen LogP contribution in [0, 0.1) is 0 Å². The van der Waals surface area contributed by atoms with Crippen molar-refractivity contribution in [2.24, 2.45) is 0 Å². The van der Waals surface area contributed by atoms with E-state index in [0.29, 0.717) is 0 Å². The van der Waals surface area contributed by atoms with E-state index in [-0.39, 0.29) is 0 Å². The molecule has 0 rings (SSSR count). The minimum Gasteiger partial charge on any atom is -0.377 e. The second-order valence-electron chi connectivity index (χ2n) is 9.77. The van der Waals surface area contributed by atoms with E-state index in [4.69, 9.17) is 4.74 Å². The fraction of sp³-hybridized carbons (Fsp3) is 0.875. The molecule has 0 heterocycles. The van der Waals surface area contributed by atoms with Crippen LogP contribution in [0.4, 0.5) is 0 Å². The van der Waals surface area contributed by atoms with E-state index in [9.17, 15) is 0 Å². The summed E-state index contributed by atoms with van der Waals surface area (Å²) >= 11 is 0. The van der Waals surface area contributed by atoms with Gasteiger partial charge < -0.3 is 4.74 Å². The summed E-state index contributed by atoms with van der Waals surface area (Å²) in [6.07, 6.45) is 1.28. The molecule has 0 unspecified atom stereocenters. The van der Waals surface area contributed by atoms with Crippen molar-refractivity contribution < 1.29 is 4.74 Å². The molecule has 0 radical (unpaired) electrons. The Labute approximate surface area is 138 Å². The zero-order chi connectivity index (χ0) is 17.1. The van der Waals surface area contributed by atoms with Gasteiger partial charge in [0.2, 0.25) is 0 Å². The van der Waals surface area contributed by atoms with Gasteiger partial charge in [0.05, 0.1) is 6.61 Å². The fourth-order valence-corrected chi connectivity index (χ4v) is 104. The van der Waals surface area contributed by atoms with Gasteiger partial charge >= 0.3 is 0 Å². The maximum Gasteiger partial charge on any atom is 0.0671 e. The van der Waals surface area contributed by atoms with Gasteiger partial charge in [-0.05, 0) is 13.3 Å². The Hall–Kier alpha value is 0.568. The topological polar surface area (TPSA) is 9.23 Å². The standard InChI is InChI=1S/C16H40OSi4/c1-16(2)15-17-13-12-14-21(18(3,4)5,19(6,7)8)20(9,10)11/h1,12-15H2,2-11H3. The Morgan fingerprint density at radius 3 is 1.48 bits per heavy atom. The molecule has 0 aromatic carbocycles. The predicted molar refractivity (Wildman–Crippen MR) is 111 cm³/mol. The summed E-state index contributed by atoms with van der Waals surface area (Å²) < 4.78 is 5.80. The highest BCUT2D eigenvalue weighted by Crippen LogP contribution is 2.40. The van der Waals surface area contributed by atoms with Crippen molar-refractivity contribution in [1.29, 1.82) is 0 Å². The maximum atomic E-state index is 5.80. The number of hydrogen-bond donors (Lipinski definition) is 0. The summed E-state index contributed by atoms with van der Waals surface area (Å²) in [5, 5.41) is 0. The van der Waals surface area contributed by atoms with Crippen LogP contribution in [-0.2, 0) is 4.74 Å². The normalized spacial score (nSPS) is 14.4. The average molecular weight is 361 g/mol. The van der Waals surface area contributed by atoms with Gasteiger partial charge in [-0.15, -0.1) is 0 Å². The molecule has 0 saturated heterocycles. The van der Waals surface area contributed by atoms with E-state index in [1.165, 1.54) is 12.5 Å². The molecule has 0 atom stereocenters. The molecule has 1 nitrogen and oxygen atoms in total. The van der Waals surface area contributed by atoms with E-state index >= 15 is 0 Å². The lowest BCUT2D eigenvalue weighted by molar-refractivity contribution is 0.157. The molecule has 0 N–H and O–H groups in total. The molecule has 0 spiro atoms. The molecule has 0 aliphatic heterocycles. The van der Waals surface area contributed by atoms with Crippen LogP contribution in [0.5, 0.6) is 0 Å². The predicted octanol–water partition coefficient (Wildman–Crippen LogP) is 5.67. The smallest absolute Gasteiger partial charge is 0.0671 e. The molecule has 126 valence electrons. The Bertz CT molecular complexity index is 309. The molecule has 0 aliphatic carbocycles. The second kappa shape index (κ2) is 7.42. The number of rotatable bonds is 9. The molecule has 0 fully saturated rings. The lowest BCUT2D eigenvalue weighted by Crippen LogP contribution is -2.82. The highest BCUT2D eigenvalue weighted by molar-refractivity contribution is 7.89. The van der Waals surface area contributed by atoms with Crippen LogP contribution in [0.1, 0.15) is 13.3 Å². The average Bonchev–Trinajstić information content (AvgIpc) is 2.16. The largest absolute Gasteiger partial charge is 0.377 e. The van der Waals surface area contributed by atoms with Crippen molar-refractivity contribution in [2.45, 2.75) is 78.3 Å². The van der Waals surface area contributed by atoms with Crippen molar-refractivity contribution >= 4 is 29.4 Å². The summed E-state index contributed by atoms with van der Waals surface area (Å²) in [5.41, 5.74) is 1.14. The first-order valence-corrected chi connectivity index (χ1v) is 24.1. The zero-order valence-corrected chi connectivity index (χ0v) is 20.4. The van der Waals surface area contributed by atoms with Crippen LogP contribution in [-0.4, -0.2) is 42.6 Å². The van der Waals surface area contributed by atoms with Crippen molar-refractivity contribution in [3.63, 3.8) is 0 Å². The molecular formula is C16H40OSi4. The zero-order valence-electron chi connectivity index (χ0n) is 16.4. The molecule has 0 aliphatic rings. The fourth-order valence-electron chi connectivity index (χ4n) is 5.19. The first kappa shape index (κ1) is 21.6. The third kappa shape index (κ3) is 5.30. The Kier molecular flexibility index (Phi) is 7.63. The van der Waals surface area contributed by atoms with Gasteiger partial charge in [-0.2, -0.15) is 0 Å². The van der Waals surface area contributed by atoms with Gasteiger partial charge in [-0.1, -0.05) is 77.1 Å². The van der Waals surface area contributed by atoms with E-state index in [1.54, 1.807) is 0 Å². The lowest BCUT2D eigenvalue weighted by Gasteiger charge is -2.58. The van der Waals surface area contributed by atoms with Gasteiger partial charge in [-0.3, -0.25) is 0 Å². The van der Waals surface area contributed by atoms with Crippen molar-refractivity contribution in [1.82, 2.24) is 0 Å². The Morgan fingerprint density at radius 1 is 0.810 bits per heavy atom. The van der Waals surface area contributed by atoms with Crippen LogP contribution in [0.2, 0.25) is 65.0 Å². The van der Waals surface area contributed by atoms with Crippen molar-refractivity contribution in [3.05, 3.63) is 12.2 Å². The van der Waals surface area contributed by atoms with E-state index in [0.717, 1.165) is 18.8 Å². The van der Waals surface area contributed by atoms with Crippen molar-refractivity contribution in [3.8, 4) is 0 Å². The van der Waals surface area contributed by atoms with Crippen LogP contribution in [0.3, 0.4) is 0 Å². The summed E-state index contributed by atoms with van der Waals surface area (Å²) in [6.45, 7) is 30.5. The van der Waals surface area contributed by atoms with Crippen LogP contribution >= 0.6 is 0 Å². The summed E-state index contributed by atoms with van der Waals surface area (Å²) in [4.78, 5) is 0. The molecule has 0 aromatic heterocycles. The third-order valence-electron chi connectivity index (χ3n) is 5.03. The van der Waals surface area contributed by atoms with Crippen molar-refractivity contribution in [2.75, 3.05) is 13.2 Å². The van der Waals surface area contributed by atoms with Gasteiger partial charge in [0.15, 0.2) is 0 Å². The third-order valence-corrected chi connectivity index (χ3v) is 79.6. The van der Waals surface area contributed by atoms with Gasteiger partial charge in [0.25, 0.3) is 0 Å². The molecule has 21 heavy (non-hydrogen) atoms. The molecular weight excluding hydrogens is 321 g/mol. The Morgan fingerprint density at radius 2 is 1.19 bits per heavy atom. The molecule has 5 heteroatoms. The highest BCUT2D eigenvalue weighted by atomic mass is 29.9. The molecule has 0 amide bonds. The summed E-state index contributed by atoms with van der Waals surface area (Å²) in [6, 6.07) is 1.52. The van der Waals surface area contributed by atoms with E-state index < -0.39 is 29.4 Å². The summed E-state index contributed by atoms with van der Waals surface area (Å²) in [7, 11) is -3.30.